The van der Waals surface area contributed by atoms with Crippen LogP contribution in [0.3, 0.4) is 0 Å². The molecule has 106 valence electrons. The fraction of sp³-hybridized carbons (Fsp3) is 0.583. The lowest BCUT2D eigenvalue weighted by molar-refractivity contribution is -0.119. The minimum absolute atomic E-state index is 0.0705. The van der Waals surface area contributed by atoms with Crippen LogP contribution in [0, 0.1) is 0 Å². The molecule has 0 fully saturated rings. The zero-order valence-corrected chi connectivity index (χ0v) is 12.3. The van der Waals surface area contributed by atoms with E-state index in [4.69, 9.17) is 0 Å². The van der Waals surface area contributed by atoms with E-state index in [0.717, 1.165) is 11.4 Å². The molecular formula is C12H20N4O2S. The lowest BCUT2D eigenvalue weighted by Gasteiger charge is -2.27. The first-order valence-electron chi connectivity index (χ1n) is 6.24. The van der Waals surface area contributed by atoms with Crippen molar-refractivity contribution in [2.24, 2.45) is 0 Å². The van der Waals surface area contributed by atoms with E-state index >= 15 is 0 Å². The Kier molecular flexibility index (Phi) is 5.91. The summed E-state index contributed by atoms with van der Waals surface area (Å²) in [5, 5.41) is 10.7. The maximum absolute atomic E-state index is 11.6. The monoisotopic (exact) mass is 284 g/mol. The van der Waals surface area contributed by atoms with Gasteiger partial charge in [0.25, 0.3) is 0 Å². The molecule has 1 aromatic heterocycles. The number of aromatic nitrogens is 1. The van der Waals surface area contributed by atoms with Crippen LogP contribution >= 0.6 is 11.3 Å². The van der Waals surface area contributed by atoms with Crippen molar-refractivity contribution >= 4 is 23.3 Å². The molecule has 1 rings (SSSR count). The van der Waals surface area contributed by atoms with E-state index in [9.17, 15) is 9.59 Å². The van der Waals surface area contributed by atoms with Gasteiger partial charge in [-0.3, -0.25) is 15.4 Å². The van der Waals surface area contributed by atoms with Crippen LogP contribution in [-0.2, 0) is 10.3 Å². The molecule has 3 N–H and O–H groups in total. The van der Waals surface area contributed by atoms with E-state index < -0.39 is 6.03 Å². The van der Waals surface area contributed by atoms with Crippen LogP contribution in [0.5, 0.6) is 0 Å². The van der Waals surface area contributed by atoms with E-state index in [1.807, 2.05) is 19.2 Å². The number of rotatable bonds is 6. The molecule has 3 amide bonds. The average Bonchev–Trinajstić information content (AvgIpc) is 2.90. The van der Waals surface area contributed by atoms with Gasteiger partial charge in [0, 0.05) is 18.1 Å². The molecule has 0 radical (unpaired) electrons. The van der Waals surface area contributed by atoms with Crippen LogP contribution in [0.1, 0.15) is 32.2 Å². The van der Waals surface area contributed by atoms with Crippen molar-refractivity contribution in [3.05, 3.63) is 16.6 Å². The third kappa shape index (κ3) is 4.60. The maximum Gasteiger partial charge on any atom is 0.321 e. The number of amides is 3. The SMILES string of the molecule is CCNC(=O)NC(=O)CNC(C)(CC)c1nccs1. The van der Waals surface area contributed by atoms with Crippen molar-refractivity contribution in [2.75, 3.05) is 13.1 Å². The van der Waals surface area contributed by atoms with Crippen molar-refractivity contribution in [3.8, 4) is 0 Å². The number of carbonyl (C=O) groups excluding carboxylic acids is 2. The fourth-order valence-electron chi connectivity index (χ4n) is 1.50. The number of thiazole rings is 1. The minimum Gasteiger partial charge on any atom is -0.338 e. The Morgan fingerprint density at radius 2 is 2.16 bits per heavy atom. The fourth-order valence-corrected chi connectivity index (χ4v) is 2.35. The number of urea groups is 1. The highest BCUT2D eigenvalue weighted by molar-refractivity contribution is 7.09. The third-order valence-electron chi connectivity index (χ3n) is 2.84. The molecular weight excluding hydrogens is 264 g/mol. The first kappa shape index (κ1) is 15.6. The summed E-state index contributed by atoms with van der Waals surface area (Å²) in [6.07, 6.45) is 2.54. The van der Waals surface area contributed by atoms with Gasteiger partial charge in [-0.05, 0) is 20.3 Å². The second kappa shape index (κ2) is 7.20. The summed E-state index contributed by atoms with van der Waals surface area (Å²) in [6, 6.07) is -0.471. The Bertz CT molecular complexity index is 421. The van der Waals surface area contributed by atoms with Gasteiger partial charge in [0.15, 0.2) is 0 Å². The second-order valence-corrected chi connectivity index (χ2v) is 5.18. The Morgan fingerprint density at radius 1 is 1.42 bits per heavy atom. The Hall–Kier alpha value is -1.47. The number of nitrogens with one attached hydrogen (secondary N) is 3. The summed E-state index contributed by atoms with van der Waals surface area (Å²) in [5.74, 6) is -0.359. The number of hydrogen-bond acceptors (Lipinski definition) is 5. The molecule has 0 saturated heterocycles. The summed E-state index contributed by atoms with van der Waals surface area (Å²) < 4.78 is 0. The van der Waals surface area contributed by atoms with Gasteiger partial charge in [-0.15, -0.1) is 11.3 Å². The number of carbonyl (C=O) groups is 2. The zero-order valence-electron chi connectivity index (χ0n) is 11.4. The third-order valence-corrected chi connectivity index (χ3v) is 3.88. The summed E-state index contributed by atoms with van der Waals surface area (Å²) in [4.78, 5) is 27.1. The molecule has 0 saturated carbocycles. The molecule has 0 aliphatic rings. The predicted molar refractivity (Wildman–Crippen MR) is 75.0 cm³/mol. The number of nitrogens with zero attached hydrogens (tertiary/aromatic N) is 1. The van der Waals surface area contributed by atoms with Crippen LogP contribution in [0.25, 0.3) is 0 Å². The van der Waals surface area contributed by atoms with E-state index in [1.54, 1.807) is 24.5 Å². The normalized spacial score (nSPS) is 13.6. The number of imide groups is 1. The second-order valence-electron chi connectivity index (χ2n) is 4.28. The van der Waals surface area contributed by atoms with Crippen molar-refractivity contribution in [1.29, 1.82) is 0 Å². The predicted octanol–water partition coefficient (Wildman–Crippen LogP) is 1.20. The smallest absolute Gasteiger partial charge is 0.321 e. The standard InChI is InChI=1S/C12H20N4O2S/c1-4-12(3,10-14-6-7-19-10)15-8-9(17)16-11(18)13-5-2/h6-7,15H,4-5,8H2,1-3H3,(H2,13,16,17,18). The highest BCUT2D eigenvalue weighted by Crippen LogP contribution is 2.25. The summed E-state index contributed by atoms with van der Waals surface area (Å²) in [5.41, 5.74) is -0.354. The van der Waals surface area contributed by atoms with Gasteiger partial charge in [-0.1, -0.05) is 6.92 Å². The van der Waals surface area contributed by atoms with E-state index in [-0.39, 0.29) is 18.0 Å². The van der Waals surface area contributed by atoms with E-state index in [2.05, 4.69) is 20.9 Å². The minimum atomic E-state index is -0.471. The quantitative estimate of drug-likeness (QED) is 0.733. The molecule has 1 unspecified atom stereocenters. The molecule has 1 heterocycles. The van der Waals surface area contributed by atoms with Gasteiger partial charge in [-0.2, -0.15) is 0 Å². The van der Waals surface area contributed by atoms with Crippen molar-refractivity contribution in [1.82, 2.24) is 20.9 Å². The Labute approximate surface area is 117 Å². The van der Waals surface area contributed by atoms with Crippen LogP contribution < -0.4 is 16.0 Å². The van der Waals surface area contributed by atoms with Crippen molar-refractivity contribution < 1.29 is 9.59 Å². The van der Waals surface area contributed by atoms with Gasteiger partial charge >= 0.3 is 6.03 Å². The topological polar surface area (TPSA) is 83.1 Å². The zero-order chi connectivity index (χ0) is 14.3. The lowest BCUT2D eigenvalue weighted by atomic mass is 10.00. The molecule has 0 aliphatic heterocycles. The summed E-state index contributed by atoms with van der Waals surface area (Å²) in [6.45, 7) is 6.36. The Morgan fingerprint density at radius 3 is 2.68 bits per heavy atom. The van der Waals surface area contributed by atoms with Gasteiger partial charge in [-0.25, -0.2) is 9.78 Å². The van der Waals surface area contributed by atoms with Gasteiger partial charge in [0.05, 0.1) is 12.1 Å². The average molecular weight is 284 g/mol. The van der Waals surface area contributed by atoms with E-state index in [0.29, 0.717) is 6.54 Å². The van der Waals surface area contributed by atoms with Crippen LogP contribution in [0.4, 0.5) is 4.79 Å². The molecule has 1 aromatic rings. The van der Waals surface area contributed by atoms with E-state index in [1.165, 1.54) is 0 Å². The molecule has 7 heteroatoms. The summed E-state index contributed by atoms with van der Waals surface area (Å²) >= 11 is 1.54. The first-order chi connectivity index (χ1) is 9.01. The van der Waals surface area contributed by atoms with Gasteiger partial charge in [0.1, 0.15) is 5.01 Å². The highest BCUT2D eigenvalue weighted by atomic mass is 32.1. The Balaban J connectivity index is 2.50. The first-order valence-corrected chi connectivity index (χ1v) is 7.12. The van der Waals surface area contributed by atoms with Crippen molar-refractivity contribution in [3.63, 3.8) is 0 Å². The lowest BCUT2D eigenvalue weighted by Crippen LogP contribution is -2.48. The van der Waals surface area contributed by atoms with Crippen molar-refractivity contribution in [2.45, 2.75) is 32.7 Å². The molecule has 1 atom stereocenters. The van der Waals surface area contributed by atoms with Crippen LogP contribution in [-0.4, -0.2) is 30.0 Å². The molecule has 0 aliphatic carbocycles. The number of hydrogen-bond donors (Lipinski definition) is 3. The molecule has 0 spiro atoms. The van der Waals surface area contributed by atoms with Gasteiger partial charge in [0.2, 0.25) is 5.91 Å². The van der Waals surface area contributed by atoms with Crippen LogP contribution in [0.15, 0.2) is 11.6 Å². The maximum atomic E-state index is 11.6. The molecule has 0 bridgehead atoms. The summed E-state index contributed by atoms with van der Waals surface area (Å²) in [7, 11) is 0. The highest BCUT2D eigenvalue weighted by Gasteiger charge is 2.27. The molecule has 0 aromatic carbocycles. The van der Waals surface area contributed by atoms with Gasteiger partial charge < -0.3 is 5.32 Å². The largest absolute Gasteiger partial charge is 0.338 e. The molecule has 6 nitrogen and oxygen atoms in total. The molecule has 19 heavy (non-hydrogen) atoms. The van der Waals surface area contributed by atoms with Crippen LogP contribution in [0.2, 0.25) is 0 Å².